The van der Waals surface area contributed by atoms with Gasteiger partial charge in [-0.15, -0.1) is 0 Å². The van der Waals surface area contributed by atoms with Crippen LogP contribution in [0.5, 0.6) is 0 Å². The molecular weight excluding hydrogens is 318 g/mol. The van der Waals surface area contributed by atoms with Crippen molar-refractivity contribution >= 4 is 11.7 Å². The number of nitrogen functional groups attached to an aromatic ring is 1. The first-order chi connectivity index (χ1) is 12.1. The van der Waals surface area contributed by atoms with Crippen LogP contribution in [0, 0.1) is 0 Å². The number of carbonyl (C=O) groups is 1. The van der Waals surface area contributed by atoms with Gasteiger partial charge in [0.2, 0.25) is 5.91 Å². The minimum Gasteiger partial charge on any atom is -0.384 e. The second-order valence-electron chi connectivity index (χ2n) is 6.41. The van der Waals surface area contributed by atoms with Gasteiger partial charge in [-0.3, -0.25) is 9.48 Å². The molecule has 1 saturated heterocycles. The molecule has 2 N–H and O–H groups in total. The van der Waals surface area contributed by atoms with Crippen molar-refractivity contribution in [3.8, 4) is 0 Å². The lowest BCUT2D eigenvalue weighted by Gasteiger charge is -2.33. The Kier molecular flexibility index (Phi) is 5.65. The highest BCUT2D eigenvalue weighted by atomic mass is 16.5. The predicted molar refractivity (Wildman–Crippen MR) is 94.8 cm³/mol. The Hall–Kier alpha value is -2.41. The lowest BCUT2D eigenvalue weighted by molar-refractivity contribution is -0.138. The lowest BCUT2D eigenvalue weighted by Crippen LogP contribution is -2.45. The minimum absolute atomic E-state index is 0.0730. The molecular formula is C18H25N5O2. The van der Waals surface area contributed by atoms with Crippen molar-refractivity contribution in [3.05, 3.63) is 41.9 Å². The number of rotatable bonds is 6. The van der Waals surface area contributed by atoms with Crippen LogP contribution in [0.4, 0.5) is 5.82 Å². The van der Waals surface area contributed by atoms with Crippen LogP contribution in [-0.2, 0) is 29.4 Å². The number of hydrogen-bond donors (Lipinski definition) is 1. The maximum absolute atomic E-state index is 12.5. The van der Waals surface area contributed by atoms with Crippen LogP contribution in [0.3, 0.4) is 0 Å². The van der Waals surface area contributed by atoms with E-state index in [0.717, 1.165) is 24.1 Å². The van der Waals surface area contributed by atoms with Gasteiger partial charge < -0.3 is 15.4 Å². The van der Waals surface area contributed by atoms with Crippen molar-refractivity contribution in [2.45, 2.75) is 31.8 Å². The maximum Gasteiger partial charge on any atom is 0.223 e. The number of pyridine rings is 1. The Morgan fingerprint density at radius 1 is 1.36 bits per heavy atom. The van der Waals surface area contributed by atoms with E-state index in [1.165, 1.54) is 0 Å². The average Bonchev–Trinajstić information content (AvgIpc) is 3.03. The summed E-state index contributed by atoms with van der Waals surface area (Å²) in [6.45, 7) is 1.92. The molecule has 25 heavy (non-hydrogen) atoms. The largest absolute Gasteiger partial charge is 0.384 e. The highest BCUT2D eigenvalue weighted by Gasteiger charge is 2.24. The molecule has 1 fully saturated rings. The molecule has 134 valence electrons. The molecule has 0 radical (unpaired) electrons. The summed E-state index contributed by atoms with van der Waals surface area (Å²) in [7, 11) is 1.90. The van der Waals surface area contributed by atoms with Gasteiger partial charge in [-0.25, -0.2) is 4.98 Å². The van der Waals surface area contributed by atoms with Crippen molar-refractivity contribution in [1.29, 1.82) is 0 Å². The van der Waals surface area contributed by atoms with Crippen LogP contribution in [0.25, 0.3) is 0 Å². The first-order valence-electron chi connectivity index (χ1n) is 8.68. The smallest absolute Gasteiger partial charge is 0.223 e. The molecule has 2 aromatic rings. The molecule has 1 aliphatic rings. The molecule has 0 unspecified atom stereocenters. The number of amides is 1. The second kappa shape index (κ2) is 8.11. The van der Waals surface area contributed by atoms with Gasteiger partial charge in [0.15, 0.2) is 0 Å². The van der Waals surface area contributed by atoms with E-state index in [4.69, 9.17) is 10.5 Å². The molecule has 0 aromatic carbocycles. The zero-order valence-corrected chi connectivity index (χ0v) is 14.6. The zero-order chi connectivity index (χ0) is 17.6. The van der Waals surface area contributed by atoms with Crippen LogP contribution in [-0.4, -0.2) is 51.4 Å². The normalized spacial score (nSPS) is 17.6. The van der Waals surface area contributed by atoms with Gasteiger partial charge in [0.05, 0.1) is 12.7 Å². The van der Waals surface area contributed by atoms with Gasteiger partial charge in [-0.2, -0.15) is 5.10 Å². The zero-order valence-electron chi connectivity index (χ0n) is 14.6. The summed E-state index contributed by atoms with van der Waals surface area (Å²) in [5.41, 5.74) is 7.94. The Labute approximate surface area is 147 Å². The monoisotopic (exact) mass is 343 g/mol. The Morgan fingerprint density at radius 3 is 3.00 bits per heavy atom. The fraction of sp³-hybridized carbons (Fsp3) is 0.500. The number of nitrogens with two attached hydrogens (primary N) is 1. The molecule has 1 atom stereocenters. The van der Waals surface area contributed by atoms with Crippen molar-refractivity contribution in [1.82, 2.24) is 19.7 Å². The molecule has 0 saturated carbocycles. The average molecular weight is 343 g/mol. The highest BCUT2D eigenvalue weighted by molar-refractivity contribution is 5.76. The Bertz CT molecular complexity index is 715. The van der Waals surface area contributed by atoms with Crippen LogP contribution in [0.15, 0.2) is 30.6 Å². The molecule has 0 bridgehead atoms. The SMILES string of the molecule is Cn1nccc1CCC(=O)N1CCO[C@@H](CCc2ccnc(N)c2)C1. The van der Waals surface area contributed by atoms with Crippen LogP contribution >= 0.6 is 0 Å². The van der Waals surface area contributed by atoms with E-state index >= 15 is 0 Å². The van der Waals surface area contributed by atoms with E-state index in [9.17, 15) is 4.79 Å². The standard InChI is InChI=1S/C18H25N5O2/c1-22-15(7-9-21-22)3-5-18(24)23-10-11-25-16(13-23)4-2-14-6-8-20-17(19)12-14/h6-9,12,16H,2-5,10-11,13H2,1H3,(H2,19,20)/t16-/m0/s1. The van der Waals surface area contributed by atoms with E-state index in [-0.39, 0.29) is 12.0 Å². The third-order valence-electron chi connectivity index (χ3n) is 4.61. The number of ether oxygens (including phenoxy) is 1. The third-order valence-corrected chi connectivity index (χ3v) is 4.61. The first kappa shape index (κ1) is 17.4. The number of aromatic nitrogens is 3. The molecule has 3 heterocycles. The number of morpholine rings is 1. The fourth-order valence-corrected chi connectivity index (χ4v) is 3.14. The van der Waals surface area contributed by atoms with E-state index in [1.54, 1.807) is 12.4 Å². The number of hydrogen-bond acceptors (Lipinski definition) is 5. The molecule has 7 nitrogen and oxygen atoms in total. The van der Waals surface area contributed by atoms with Gasteiger partial charge in [-0.05, 0) is 43.0 Å². The van der Waals surface area contributed by atoms with E-state index < -0.39 is 0 Å². The topological polar surface area (TPSA) is 86.3 Å². The summed E-state index contributed by atoms with van der Waals surface area (Å²) in [6, 6.07) is 5.81. The lowest BCUT2D eigenvalue weighted by atomic mass is 10.1. The van der Waals surface area contributed by atoms with Gasteiger partial charge >= 0.3 is 0 Å². The molecule has 7 heteroatoms. The van der Waals surface area contributed by atoms with Crippen LogP contribution in [0.1, 0.15) is 24.1 Å². The number of carbonyl (C=O) groups excluding carboxylic acids is 1. The molecule has 3 rings (SSSR count). The summed E-state index contributed by atoms with van der Waals surface area (Å²) < 4.78 is 7.64. The molecule has 2 aromatic heterocycles. The first-order valence-corrected chi connectivity index (χ1v) is 8.68. The van der Waals surface area contributed by atoms with Crippen LogP contribution < -0.4 is 5.73 Å². The second-order valence-corrected chi connectivity index (χ2v) is 6.41. The summed E-state index contributed by atoms with van der Waals surface area (Å²) in [6.07, 6.45) is 6.52. The number of anilines is 1. The van der Waals surface area contributed by atoms with Crippen LogP contribution in [0.2, 0.25) is 0 Å². The van der Waals surface area contributed by atoms with Gasteiger partial charge in [-0.1, -0.05) is 0 Å². The summed E-state index contributed by atoms with van der Waals surface area (Å²) in [4.78, 5) is 18.4. The van der Waals surface area contributed by atoms with Crippen molar-refractivity contribution in [2.75, 3.05) is 25.4 Å². The number of nitrogens with zero attached hydrogens (tertiary/aromatic N) is 4. The molecule has 0 aliphatic carbocycles. The molecule has 0 spiro atoms. The Balaban J connectivity index is 1.47. The Morgan fingerprint density at radius 2 is 2.24 bits per heavy atom. The quantitative estimate of drug-likeness (QED) is 0.851. The number of aryl methyl sites for hydroxylation is 3. The van der Waals surface area contributed by atoms with Gasteiger partial charge in [0.25, 0.3) is 0 Å². The maximum atomic E-state index is 12.5. The van der Waals surface area contributed by atoms with Crippen molar-refractivity contribution in [3.63, 3.8) is 0 Å². The highest BCUT2D eigenvalue weighted by Crippen LogP contribution is 2.15. The van der Waals surface area contributed by atoms with E-state index in [2.05, 4.69) is 10.1 Å². The minimum atomic E-state index is 0.0730. The third kappa shape index (κ3) is 4.79. The predicted octanol–water partition coefficient (Wildman–Crippen LogP) is 1.19. The van der Waals surface area contributed by atoms with E-state index in [1.807, 2.05) is 34.8 Å². The summed E-state index contributed by atoms with van der Waals surface area (Å²) in [5.74, 6) is 0.719. The van der Waals surface area contributed by atoms with Crippen molar-refractivity contribution < 1.29 is 9.53 Å². The van der Waals surface area contributed by atoms with Gasteiger partial charge in [0, 0.05) is 44.6 Å². The van der Waals surface area contributed by atoms with Crippen molar-refractivity contribution in [2.24, 2.45) is 7.05 Å². The summed E-state index contributed by atoms with van der Waals surface area (Å²) >= 11 is 0. The fourth-order valence-electron chi connectivity index (χ4n) is 3.14. The molecule has 1 aliphatic heterocycles. The summed E-state index contributed by atoms with van der Waals surface area (Å²) in [5, 5.41) is 4.14. The molecule has 1 amide bonds. The van der Waals surface area contributed by atoms with E-state index in [0.29, 0.717) is 38.4 Å². The van der Waals surface area contributed by atoms with Gasteiger partial charge in [0.1, 0.15) is 5.82 Å².